The molecule has 0 atom stereocenters. The summed E-state index contributed by atoms with van der Waals surface area (Å²) >= 11 is 0. The summed E-state index contributed by atoms with van der Waals surface area (Å²) in [6, 6.07) is 14.7. The minimum Gasteiger partial charge on any atom is -0.389 e. The largest absolute Gasteiger partial charge is 0.389 e. The van der Waals surface area contributed by atoms with E-state index in [1.54, 1.807) is 6.20 Å². The standard InChI is InChI=1S/C31H35N7O3/c39-22-27(40)5-3-1-2-4-13-38-29-19-23(6-7-24(29)20-33-38)28-21-37-14-12-32-31(37)30(35-28)34-25-8-10-26(11-9-25)36-15-17-41-18-16-36/h6-12,14,19-21,39H,1-5,13,15-18,22H2,(H,34,35). The molecule has 1 fully saturated rings. The Balaban J connectivity index is 1.19. The summed E-state index contributed by atoms with van der Waals surface area (Å²) < 4.78 is 9.52. The van der Waals surface area contributed by atoms with Gasteiger partial charge in [0.25, 0.3) is 0 Å². The number of hydrogen-bond acceptors (Lipinski definition) is 8. The van der Waals surface area contributed by atoms with Crippen LogP contribution in [0.25, 0.3) is 27.8 Å². The van der Waals surface area contributed by atoms with Crippen molar-refractivity contribution in [2.45, 2.75) is 38.6 Å². The molecule has 4 heterocycles. The summed E-state index contributed by atoms with van der Waals surface area (Å²) in [7, 11) is 0. The number of carbonyl (C=O) groups is 1. The van der Waals surface area contributed by atoms with Crippen molar-refractivity contribution in [1.29, 1.82) is 0 Å². The van der Waals surface area contributed by atoms with Crippen LogP contribution in [-0.2, 0) is 16.1 Å². The smallest absolute Gasteiger partial charge is 0.180 e. The number of aromatic nitrogens is 5. The van der Waals surface area contributed by atoms with Gasteiger partial charge in [-0.2, -0.15) is 5.10 Å². The van der Waals surface area contributed by atoms with E-state index in [2.05, 4.69) is 62.8 Å². The molecule has 6 rings (SSSR count). The molecular formula is C31H35N7O3. The monoisotopic (exact) mass is 553 g/mol. The molecule has 41 heavy (non-hydrogen) atoms. The molecule has 1 aliphatic rings. The summed E-state index contributed by atoms with van der Waals surface area (Å²) in [5.41, 5.74) is 5.81. The number of rotatable bonds is 12. The summed E-state index contributed by atoms with van der Waals surface area (Å²) in [4.78, 5) is 23.1. The van der Waals surface area contributed by atoms with E-state index in [-0.39, 0.29) is 12.4 Å². The fourth-order valence-electron chi connectivity index (χ4n) is 5.29. The quantitative estimate of drug-likeness (QED) is 0.211. The number of carbonyl (C=O) groups excluding carboxylic acids is 1. The number of morpholine rings is 1. The zero-order chi connectivity index (χ0) is 28.0. The van der Waals surface area contributed by atoms with Gasteiger partial charge in [0, 0.05) is 67.0 Å². The maximum Gasteiger partial charge on any atom is 0.180 e. The van der Waals surface area contributed by atoms with Gasteiger partial charge in [0.15, 0.2) is 17.2 Å². The Bertz CT molecular complexity index is 1620. The maximum atomic E-state index is 11.3. The van der Waals surface area contributed by atoms with Crippen LogP contribution in [0, 0.1) is 0 Å². The van der Waals surface area contributed by atoms with E-state index in [9.17, 15) is 4.79 Å². The van der Waals surface area contributed by atoms with Crippen molar-refractivity contribution in [2.24, 2.45) is 0 Å². The molecule has 1 aliphatic heterocycles. The number of imidazole rings is 1. The average Bonchev–Trinajstić information content (AvgIpc) is 3.66. The van der Waals surface area contributed by atoms with E-state index in [4.69, 9.17) is 14.8 Å². The highest BCUT2D eigenvalue weighted by Crippen LogP contribution is 2.28. The van der Waals surface area contributed by atoms with Crippen molar-refractivity contribution in [3.05, 3.63) is 67.3 Å². The number of ether oxygens (including phenoxy) is 1. The third-order valence-electron chi connectivity index (χ3n) is 7.57. The number of unbranched alkanes of at least 4 members (excludes halogenated alkanes) is 3. The van der Waals surface area contributed by atoms with E-state index in [0.29, 0.717) is 12.2 Å². The van der Waals surface area contributed by atoms with Gasteiger partial charge in [-0.3, -0.25) is 9.48 Å². The van der Waals surface area contributed by atoms with Crippen molar-refractivity contribution in [3.8, 4) is 11.3 Å². The molecule has 0 bridgehead atoms. The number of nitrogens with zero attached hydrogens (tertiary/aromatic N) is 6. The molecule has 5 aromatic rings. The molecule has 10 heteroatoms. The zero-order valence-corrected chi connectivity index (χ0v) is 23.1. The van der Waals surface area contributed by atoms with Crippen LogP contribution in [0.1, 0.15) is 32.1 Å². The highest BCUT2D eigenvalue weighted by atomic mass is 16.5. The van der Waals surface area contributed by atoms with Crippen molar-refractivity contribution in [1.82, 2.24) is 24.1 Å². The number of hydrogen-bond donors (Lipinski definition) is 2. The van der Waals surface area contributed by atoms with E-state index >= 15 is 0 Å². The second kappa shape index (κ2) is 12.5. The first kappa shape index (κ1) is 26.9. The van der Waals surface area contributed by atoms with Gasteiger partial charge < -0.3 is 24.5 Å². The lowest BCUT2D eigenvalue weighted by Gasteiger charge is -2.28. The van der Waals surface area contributed by atoms with Crippen molar-refractivity contribution < 1.29 is 14.6 Å². The van der Waals surface area contributed by atoms with Crippen molar-refractivity contribution in [2.75, 3.05) is 43.1 Å². The number of aliphatic hydroxyl groups excluding tert-OH is 1. The molecule has 212 valence electrons. The molecule has 2 aromatic carbocycles. The van der Waals surface area contributed by atoms with Crippen LogP contribution >= 0.6 is 0 Å². The van der Waals surface area contributed by atoms with Crippen molar-refractivity contribution >= 4 is 39.5 Å². The van der Waals surface area contributed by atoms with Crippen LogP contribution in [-0.4, -0.2) is 67.9 Å². The molecule has 0 unspecified atom stereocenters. The van der Waals surface area contributed by atoms with Gasteiger partial charge in [0.2, 0.25) is 0 Å². The zero-order valence-electron chi connectivity index (χ0n) is 23.1. The summed E-state index contributed by atoms with van der Waals surface area (Å²) in [5, 5.41) is 18.0. The van der Waals surface area contributed by atoms with Gasteiger partial charge >= 0.3 is 0 Å². The molecule has 2 N–H and O–H groups in total. The molecule has 0 saturated carbocycles. The summed E-state index contributed by atoms with van der Waals surface area (Å²) in [6.07, 6.45) is 11.9. The minimum atomic E-state index is -0.357. The molecule has 0 spiro atoms. The Morgan fingerprint density at radius 1 is 1.02 bits per heavy atom. The highest BCUT2D eigenvalue weighted by molar-refractivity contribution is 5.84. The van der Waals surface area contributed by atoms with Crippen LogP contribution in [0.2, 0.25) is 0 Å². The van der Waals surface area contributed by atoms with E-state index in [1.807, 2.05) is 27.7 Å². The van der Waals surface area contributed by atoms with Gasteiger partial charge in [0.05, 0.1) is 30.6 Å². The van der Waals surface area contributed by atoms with Crippen LogP contribution in [0.3, 0.4) is 0 Å². The van der Waals surface area contributed by atoms with Crippen LogP contribution in [0.4, 0.5) is 17.2 Å². The Hall–Kier alpha value is -4.28. The van der Waals surface area contributed by atoms with Gasteiger partial charge in [-0.1, -0.05) is 25.0 Å². The minimum absolute atomic E-state index is 0.0851. The highest BCUT2D eigenvalue weighted by Gasteiger charge is 2.14. The molecular weight excluding hydrogens is 518 g/mol. The van der Waals surface area contributed by atoms with Gasteiger partial charge in [0.1, 0.15) is 6.61 Å². The fraction of sp³-hybridized carbons (Fsp3) is 0.355. The number of ketones is 1. The van der Waals surface area contributed by atoms with Gasteiger partial charge in [-0.15, -0.1) is 0 Å². The number of Topliss-reactive ketones (excluding diaryl/α,β-unsaturated/α-hetero) is 1. The molecule has 0 aliphatic carbocycles. The molecule has 10 nitrogen and oxygen atoms in total. The van der Waals surface area contributed by atoms with Crippen LogP contribution in [0.15, 0.2) is 67.3 Å². The number of anilines is 3. The van der Waals surface area contributed by atoms with E-state index in [0.717, 1.165) is 92.0 Å². The van der Waals surface area contributed by atoms with Gasteiger partial charge in [-0.05, 0) is 43.2 Å². The Kier molecular flexibility index (Phi) is 8.20. The second-order valence-electron chi connectivity index (χ2n) is 10.4. The Labute approximate surface area is 238 Å². The number of aryl methyl sites for hydroxylation is 1. The average molecular weight is 554 g/mol. The lowest BCUT2D eigenvalue weighted by molar-refractivity contribution is -0.121. The SMILES string of the molecule is O=C(CO)CCCCCCn1ncc2ccc(-c3cn4ccnc4c(Nc4ccc(N5CCOCC5)cc4)n3)cc21. The first-order chi connectivity index (χ1) is 20.2. The molecule has 3 aromatic heterocycles. The number of fused-ring (bicyclic) bond motifs is 2. The first-order valence-corrected chi connectivity index (χ1v) is 14.3. The number of benzene rings is 2. The topological polar surface area (TPSA) is 110 Å². The van der Waals surface area contributed by atoms with Crippen LogP contribution in [0.5, 0.6) is 0 Å². The normalized spacial score (nSPS) is 13.7. The fourth-order valence-corrected chi connectivity index (χ4v) is 5.29. The number of aliphatic hydroxyl groups is 1. The van der Waals surface area contributed by atoms with Crippen molar-refractivity contribution in [3.63, 3.8) is 0 Å². The Morgan fingerprint density at radius 3 is 2.68 bits per heavy atom. The third-order valence-corrected chi connectivity index (χ3v) is 7.57. The number of nitrogens with one attached hydrogen (secondary N) is 1. The van der Waals surface area contributed by atoms with Gasteiger partial charge in [-0.25, -0.2) is 9.97 Å². The lowest BCUT2D eigenvalue weighted by atomic mass is 10.1. The van der Waals surface area contributed by atoms with E-state index in [1.165, 1.54) is 5.69 Å². The van der Waals surface area contributed by atoms with Crippen LogP contribution < -0.4 is 10.2 Å². The predicted octanol–water partition coefficient (Wildman–Crippen LogP) is 4.84. The summed E-state index contributed by atoms with van der Waals surface area (Å²) in [6.45, 7) is 3.78. The Morgan fingerprint density at radius 2 is 1.85 bits per heavy atom. The maximum absolute atomic E-state index is 11.3. The summed E-state index contributed by atoms with van der Waals surface area (Å²) in [5.74, 6) is 0.609. The second-order valence-corrected chi connectivity index (χ2v) is 10.4. The molecule has 0 amide bonds. The lowest BCUT2D eigenvalue weighted by Crippen LogP contribution is -2.36. The third kappa shape index (κ3) is 6.23. The van der Waals surface area contributed by atoms with E-state index < -0.39 is 0 Å². The molecule has 1 saturated heterocycles. The molecule has 0 radical (unpaired) electrons. The first-order valence-electron chi connectivity index (χ1n) is 14.3. The predicted molar refractivity (Wildman–Crippen MR) is 160 cm³/mol.